The number of hydrogen-bond donors (Lipinski definition) is 2. The van der Waals surface area contributed by atoms with Crippen molar-refractivity contribution < 1.29 is 0 Å². The van der Waals surface area contributed by atoms with Crippen LogP contribution in [0.3, 0.4) is 0 Å². The SMILES string of the molecule is C=C/C=C(\C=C)Cc1ccccc1.CC.CNN. The highest BCUT2D eigenvalue weighted by Gasteiger charge is 1.92. The van der Waals surface area contributed by atoms with E-state index in [1.54, 1.807) is 13.1 Å². The van der Waals surface area contributed by atoms with Crippen molar-refractivity contribution >= 4 is 0 Å². The number of nitrogens with two attached hydrogens (primary N) is 1. The van der Waals surface area contributed by atoms with E-state index in [1.807, 2.05) is 44.2 Å². The standard InChI is InChI=1S/C13H14.C2H6.CH6N2/c1-3-8-12(4-2)11-13-9-6-5-7-10-13;1-2;1-3-2/h3-10H,1-2,11H2;1-2H3;3H,2H2,1H3/b12-8+;;. The van der Waals surface area contributed by atoms with Gasteiger partial charge in [0.15, 0.2) is 0 Å². The van der Waals surface area contributed by atoms with Gasteiger partial charge in [-0.15, -0.1) is 0 Å². The molecule has 2 heteroatoms. The number of benzene rings is 1. The van der Waals surface area contributed by atoms with Crippen LogP contribution < -0.4 is 11.3 Å². The third kappa shape index (κ3) is 10.9. The van der Waals surface area contributed by atoms with E-state index in [-0.39, 0.29) is 0 Å². The van der Waals surface area contributed by atoms with E-state index in [1.165, 1.54) is 11.1 Å². The van der Waals surface area contributed by atoms with Crippen molar-refractivity contribution in [2.75, 3.05) is 7.05 Å². The molecule has 0 fully saturated rings. The Balaban J connectivity index is 0. The van der Waals surface area contributed by atoms with Crippen molar-refractivity contribution in [3.8, 4) is 0 Å². The summed E-state index contributed by atoms with van der Waals surface area (Å²) in [7, 11) is 1.65. The van der Waals surface area contributed by atoms with Gasteiger partial charge < -0.3 is 0 Å². The van der Waals surface area contributed by atoms with Crippen molar-refractivity contribution in [3.63, 3.8) is 0 Å². The zero-order valence-corrected chi connectivity index (χ0v) is 11.8. The van der Waals surface area contributed by atoms with Crippen LogP contribution in [0.2, 0.25) is 0 Å². The first-order chi connectivity index (χ1) is 8.78. The van der Waals surface area contributed by atoms with Crippen molar-refractivity contribution in [1.29, 1.82) is 0 Å². The van der Waals surface area contributed by atoms with E-state index in [9.17, 15) is 0 Å². The fourth-order valence-electron chi connectivity index (χ4n) is 1.18. The Labute approximate surface area is 112 Å². The van der Waals surface area contributed by atoms with Crippen molar-refractivity contribution in [3.05, 3.63) is 72.9 Å². The van der Waals surface area contributed by atoms with Crippen LogP contribution in [0.25, 0.3) is 0 Å². The zero-order chi connectivity index (χ0) is 14.2. The van der Waals surface area contributed by atoms with Crippen LogP contribution in [0.4, 0.5) is 0 Å². The molecular formula is C16H26N2. The molecule has 1 aromatic rings. The average Bonchev–Trinajstić information content (AvgIpc) is 2.42. The molecule has 0 heterocycles. The lowest BCUT2D eigenvalue weighted by molar-refractivity contribution is 0.900. The molecule has 0 aliphatic heterocycles. The van der Waals surface area contributed by atoms with Crippen LogP contribution in [-0.2, 0) is 6.42 Å². The molecule has 0 aliphatic carbocycles. The van der Waals surface area contributed by atoms with Crippen LogP contribution in [0.1, 0.15) is 19.4 Å². The number of hydrogen-bond acceptors (Lipinski definition) is 2. The molecule has 2 nitrogen and oxygen atoms in total. The molecule has 0 saturated carbocycles. The highest BCUT2D eigenvalue weighted by atomic mass is 15.2. The van der Waals surface area contributed by atoms with Crippen molar-refractivity contribution in [2.45, 2.75) is 20.3 Å². The summed E-state index contributed by atoms with van der Waals surface area (Å²) in [5.74, 6) is 4.60. The molecule has 18 heavy (non-hydrogen) atoms. The Kier molecular flexibility index (Phi) is 16.0. The lowest BCUT2D eigenvalue weighted by Gasteiger charge is -2.00. The summed E-state index contributed by atoms with van der Waals surface area (Å²) in [6, 6.07) is 10.3. The van der Waals surface area contributed by atoms with Crippen LogP contribution in [0.5, 0.6) is 0 Å². The van der Waals surface area contributed by atoms with E-state index < -0.39 is 0 Å². The van der Waals surface area contributed by atoms with Gasteiger partial charge in [-0.2, -0.15) is 0 Å². The highest BCUT2D eigenvalue weighted by molar-refractivity contribution is 5.29. The molecule has 0 saturated heterocycles. The second-order valence-corrected chi connectivity index (χ2v) is 3.13. The van der Waals surface area contributed by atoms with Crippen LogP contribution in [0, 0.1) is 0 Å². The summed E-state index contributed by atoms with van der Waals surface area (Å²) in [5.41, 5.74) is 4.75. The largest absolute Gasteiger partial charge is 0.272 e. The molecular weight excluding hydrogens is 220 g/mol. The number of rotatable bonds is 4. The third-order valence-electron chi connectivity index (χ3n) is 1.85. The fourth-order valence-corrected chi connectivity index (χ4v) is 1.18. The number of allylic oxidation sites excluding steroid dienone is 4. The van der Waals surface area contributed by atoms with Crippen LogP contribution in [-0.4, -0.2) is 7.05 Å². The summed E-state index contributed by atoms with van der Waals surface area (Å²) in [6.07, 6.45) is 6.57. The van der Waals surface area contributed by atoms with E-state index in [0.29, 0.717) is 0 Å². The van der Waals surface area contributed by atoms with Gasteiger partial charge in [-0.3, -0.25) is 11.3 Å². The van der Waals surface area contributed by atoms with Gasteiger partial charge in [0.2, 0.25) is 0 Å². The molecule has 0 unspecified atom stereocenters. The molecule has 0 amide bonds. The first kappa shape index (κ1) is 18.7. The van der Waals surface area contributed by atoms with Gasteiger partial charge in [-0.1, -0.05) is 75.6 Å². The predicted molar refractivity (Wildman–Crippen MR) is 83.2 cm³/mol. The molecule has 0 spiro atoms. The second kappa shape index (κ2) is 15.4. The zero-order valence-electron chi connectivity index (χ0n) is 11.8. The monoisotopic (exact) mass is 246 g/mol. The first-order valence-corrected chi connectivity index (χ1v) is 6.13. The highest BCUT2D eigenvalue weighted by Crippen LogP contribution is 2.08. The van der Waals surface area contributed by atoms with Crippen LogP contribution >= 0.6 is 0 Å². The number of nitrogens with one attached hydrogen (secondary N) is 1. The summed E-state index contributed by atoms with van der Waals surface area (Å²) >= 11 is 0. The Morgan fingerprint density at radius 1 is 1.22 bits per heavy atom. The maximum atomic E-state index is 4.60. The maximum Gasteiger partial charge on any atom is -0.00172 e. The Morgan fingerprint density at radius 2 is 1.72 bits per heavy atom. The summed E-state index contributed by atoms with van der Waals surface area (Å²) in [6.45, 7) is 11.4. The van der Waals surface area contributed by atoms with Gasteiger partial charge in [-0.25, -0.2) is 0 Å². The van der Waals surface area contributed by atoms with Crippen molar-refractivity contribution in [1.82, 2.24) is 5.43 Å². The van der Waals surface area contributed by atoms with Gasteiger partial charge in [0.25, 0.3) is 0 Å². The minimum absolute atomic E-state index is 0.927. The molecule has 0 atom stereocenters. The fraction of sp³-hybridized carbons (Fsp3) is 0.250. The second-order valence-electron chi connectivity index (χ2n) is 3.13. The summed E-state index contributed by atoms with van der Waals surface area (Å²) in [5, 5.41) is 0. The Bertz CT molecular complexity index is 326. The smallest absolute Gasteiger partial charge is 0.00172 e. The maximum absolute atomic E-state index is 4.60. The summed E-state index contributed by atoms with van der Waals surface area (Å²) < 4.78 is 0. The Morgan fingerprint density at radius 3 is 2.11 bits per heavy atom. The molecule has 100 valence electrons. The van der Waals surface area contributed by atoms with Gasteiger partial charge in [0, 0.05) is 0 Å². The van der Waals surface area contributed by atoms with Gasteiger partial charge >= 0.3 is 0 Å². The normalized spacial score (nSPS) is 9.22. The molecule has 3 N–H and O–H groups in total. The molecule has 0 bridgehead atoms. The van der Waals surface area contributed by atoms with Crippen molar-refractivity contribution in [2.24, 2.45) is 5.84 Å². The lowest BCUT2D eigenvalue weighted by atomic mass is 10.1. The number of hydrazine groups is 1. The Hall–Kier alpha value is -1.64. The predicted octanol–water partition coefficient (Wildman–Crippen LogP) is 3.63. The third-order valence-corrected chi connectivity index (χ3v) is 1.85. The van der Waals surface area contributed by atoms with E-state index in [4.69, 9.17) is 0 Å². The minimum atomic E-state index is 0.927. The lowest BCUT2D eigenvalue weighted by Crippen LogP contribution is -2.13. The van der Waals surface area contributed by atoms with E-state index in [0.717, 1.165) is 6.42 Å². The molecule has 0 radical (unpaired) electrons. The van der Waals surface area contributed by atoms with E-state index >= 15 is 0 Å². The topological polar surface area (TPSA) is 38.0 Å². The summed E-state index contributed by atoms with van der Waals surface area (Å²) in [4.78, 5) is 0. The molecule has 1 aromatic carbocycles. The van der Waals surface area contributed by atoms with Gasteiger partial charge in [-0.05, 0) is 24.6 Å². The molecule has 0 aromatic heterocycles. The first-order valence-electron chi connectivity index (χ1n) is 6.13. The van der Waals surface area contributed by atoms with E-state index in [2.05, 4.69) is 36.6 Å². The van der Waals surface area contributed by atoms with Crippen LogP contribution in [0.15, 0.2) is 67.3 Å². The van der Waals surface area contributed by atoms with Gasteiger partial charge in [0.05, 0.1) is 0 Å². The molecule has 0 aliphatic rings. The van der Waals surface area contributed by atoms with Gasteiger partial charge in [0.1, 0.15) is 0 Å². The quantitative estimate of drug-likeness (QED) is 0.483. The average molecular weight is 246 g/mol. The minimum Gasteiger partial charge on any atom is -0.272 e. The molecule has 1 rings (SSSR count).